The topological polar surface area (TPSA) is 66.8 Å². The van der Waals surface area contributed by atoms with Crippen molar-refractivity contribution in [2.45, 2.75) is 38.7 Å². The number of carboxylic acids is 1. The summed E-state index contributed by atoms with van der Waals surface area (Å²) >= 11 is 0. The lowest BCUT2D eigenvalue weighted by Gasteiger charge is -2.30. The minimum Gasteiger partial charge on any atom is -0.494 e. The summed E-state index contributed by atoms with van der Waals surface area (Å²) in [6.07, 6.45) is 1.86. The van der Waals surface area contributed by atoms with Crippen molar-refractivity contribution in [2.75, 3.05) is 7.11 Å². The molecule has 5 heteroatoms. The smallest absolute Gasteiger partial charge is 0.309 e. The van der Waals surface area contributed by atoms with Crippen LogP contribution in [0.3, 0.4) is 0 Å². The SMILES string of the molecule is CCCCC(C(=O)O)C(C)(O)c1ccc(OC)c(F)c1. The second kappa shape index (κ2) is 6.70. The fraction of sp³-hybridized carbons (Fsp3) is 0.533. The van der Waals surface area contributed by atoms with Gasteiger partial charge in [-0.15, -0.1) is 0 Å². The Labute approximate surface area is 118 Å². The van der Waals surface area contributed by atoms with Gasteiger partial charge in [0.2, 0.25) is 0 Å². The number of unbranched alkanes of at least 4 members (excludes halogenated alkanes) is 1. The largest absolute Gasteiger partial charge is 0.494 e. The van der Waals surface area contributed by atoms with Gasteiger partial charge in [-0.05, 0) is 31.0 Å². The molecule has 0 aliphatic heterocycles. The van der Waals surface area contributed by atoms with Gasteiger partial charge in [0.25, 0.3) is 0 Å². The van der Waals surface area contributed by atoms with Gasteiger partial charge in [0.05, 0.1) is 13.0 Å². The van der Waals surface area contributed by atoms with E-state index in [2.05, 4.69) is 0 Å². The van der Waals surface area contributed by atoms with Crippen LogP contribution in [0.25, 0.3) is 0 Å². The van der Waals surface area contributed by atoms with E-state index >= 15 is 0 Å². The molecule has 4 nitrogen and oxygen atoms in total. The molecule has 0 saturated heterocycles. The lowest BCUT2D eigenvalue weighted by atomic mass is 9.80. The van der Waals surface area contributed by atoms with E-state index in [1.54, 1.807) is 0 Å². The van der Waals surface area contributed by atoms with E-state index in [-0.39, 0.29) is 11.3 Å². The molecule has 1 rings (SSSR count). The quantitative estimate of drug-likeness (QED) is 0.808. The van der Waals surface area contributed by atoms with Crippen LogP contribution in [0.5, 0.6) is 5.75 Å². The van der Waals surface area contributed by atoms with Gasteiger partial charge in [-0.2, -0.15) is 0 Å². The molecule has 0 aliphatic rings. The summed E-state index contributed by atoms with van der Waals surface area (Å²) in [6.45, 7) is 3.35. The van der Waals surface area contributed by atoms with Crippen LogP contribution in [-0.2, 0) is 10.4 Å². The number of hydrogen-bond donors (Lipinski definition) is 2. The Balaban J connectivity index is 3.11. The Kier molecular flexibility index (Phi) is 5.51. The third kappa shape index (κ3) is 3.48. The van der Waals surface area contributed by atoms with Crippen LogP contribution < -0.4 is 4.74 Å². The molecule has 0 aliphatic carbocycles. The van der Waals surface area contributed by atoms with Gasteiger partial charge in [0, 0.05) is 0 Å². The molecular formula is C15H21FO4. The molecule has 0 spiro atoms. The fourth-order valence-corrected chi connectivity index (χ4v) is 2.24. The highest BCUT2D eigenvalue weighted by molar-refractivity contribution is 5.72. The van der Waals surface area contributed by atoms with E-state index in [4.69, 9.17) is 4.74 Å². The predicted octanol–water partition coefficient (Wildman–Crippen LogP) is 2.93. The average molecular weight is 284 g/mol. The normalized spacial score (nSPS) is 15.4. The molecule has 20 heavy (non-hydrogen) atoms. The molecule has 1 aromatic carbocycles. The molecule has 0 bridgehead atoms. The van der Waals surface area contributed by atoms with Gasteiger partial charge in [-0.3, -0.25) is 4.79 Å². The molecule has 1 aromatic rings. The van der Waals surface area contributed by atoms with E-state index in [1.165, 1.54) is 26.2 Å². The van der Waals surface area contributed by atoms with Crippen LogP contribution in [0.15, 0.2) is 18.2 Å². The number of halogens is 1. The first kappa shape index (κ1) is 16.4. The highest BCUT2D eigenvalue weighted by atomic mass is 19.1. The van der Waals surface area contributed by atoms with Crippen molar-refractivity contribution in [1.29, 1.82) is 0 Å². The van der Waals surface area contributed by atoms with Gasteiger partial charge >= 0.3 is 5.97 Å². The first-order valence-electron chi connectivity index (χ1n) is 6.63. The lowest BCUT2D eigenvalue weighted by molar-refractivity contribution is -0.152. The van der Waals surface area contributed by atoms with Crippen molar-refractivity contribution in [1.82, 2.24) is 0 Å². The minimum atomic E-state index is -1.63. The van der Waals surface area contributed by atoms with Crippen LogP contribution in [-0.4, -0.2) is 23.3 Å². The van der Waals surface area contributed by atoms with E-state index < -0.39 is 23.3 Å². The van der Waals surface area contributed by atoms with Crippen molar-refractivity contribution >= 4 is 5.97 Å². The number of benzene rings is 1. The average Bonchev–Trinajstić information content (AvgIpc) is 2.38. The fourth-order valence-electron chi connectivity index (χ4n) is 2.24. The van der Waals surface area contributed by atoms with Crippen LogP contribution in [0.1, 0.15) is 38.7 Å². The zero-order valence-corrected chi connectivity index (χ0v) is 12.0. The number of aliphatic carboxylic acids is 1. The van der Waals surface area contributed by atoms with Crippen molar-refractivity contribution in [3.63, 3.8) is 0 Å². The molecule has 112 valence electrons. The van der Waals surface area contributed by atoms with Crippen LogP contribution in [0.2, 0.25) is 0 Å². The minimum absolute atomic E-state index is 0.0602. The Morgan fingerprint density at radius 2 is 2.15 bits per heavy atom. The predicted molar refractivity (Wildman–Crippen MR) is 73.2 cm³/mol. The Morgan fingerprint density at radius 3 is 2.60 bits per heavy atom. The molecule has 2 N–H and O–H groups in total. The summed E-state index contributed by atoms with van der Waals surface area (Å²) < 4.78 is 18.5. The Morgan fingerprint density at radius 1 is 1.50 bits per heavy atom. The summed E-state index contributed by atoms with van der Waals surface area (Å²) in [5.41, 5.74) is -1.40. The Hall–Kier alpha value is -1.62. The van der Waals surface area contributed by atoms with Crippen molar-refractivity contribution < 1.29 is 24.1 Å². The van der Waals surface area contributed by atoms with Gasteiger partial charge in [-0.1, -0.05) is 25.8 Å². The highest BCUT2D eigenvalue weighted by Crippen LogP contribution is 2.34. The first-order chi connectivity index (χ1) is 9.34. The van der Waals surface area contributed by atoms with Crippen molar-refractivity contribution in [2.24, 2.45) is 5.92 Å². The summed E-state index contributed by atoms with van der Waals surface area (Å²) in [7, 11) is 1.34. The number of ether oxygens (including phenoxy) is 1. The maximum absolute atomic E-state index is 13.7. The van der Waals surface area contributed by atoms with Crippen LogP contribution in [0, 0.1) is 11.7 Å². The third-order valence-electron chi connectivity index (χ3n) is 3.56. The van der Waals surface area contributed by atoms with Gasteiger partial charge in [0.15, 0.2) is 11.6 Å². The highest BCUT2D eigenvalue weighted by Gasteiger charge is 2.38. The first-order valence-corrected chi connectivity index (χ1v) is 6.63. The maximum Gasteiger partial charge on any atom is 0.309 e. The molecule has 0 fully saturated rings. The van der Waals surface area contributed by atoms with E-state index in [1.807, 2.05) is 6.92 Å². The van der Waals surface area contributed by atoms with E-state index in [9.17, 15) is 19.4 Å². The summed E-state index contributed by atoms with van der Waals surface area (Å²) in [5.74, 6) is -2.62. The van der Waals surface area contributed by atoms with Crippen LogP contribution in [0.4, 0.5) is 4.39 Å². The van der Waals surface area contributed by atoms with Gasteiger partial charge in [0.1, 0.15) is 5.60 Å². The second-order valence-electron chi connectivity index (χ2n) is 5.03. The molecular weight excluding hydrogens is 263 g/mol. The van der Waals surface area contributed by atoms with Crippen LogP contribution >= 0.6 is 0 Å². The Bertz CT molecular complexity index is 471. The second-order valence-corrected chi connectivity index (χ2v) is 5.03. The molecule has 0 radical (unpaired) electrons. The molecule has 0 saturated carbocycles. The number of carbonyl (C=O) groups is 1. The third-order valence-corrected chi connectivity index (χ3v) is 3.56. The summed E-state index contributed by atoms with van der Waals surface area (Å²) in [6, 6.07) is 4.00. The number of hydrogen-bond acceptors (Lipinski definition) is 3. The number of rotatable bonds is 7. The number of aliphatic hydroxyl groups is 1. The molecule has 0 amide bonds. The monoisotopic (exact) mass is 284 g/mol. The molecule has 0 heterocycles. The molecule has 2 atom stereocenters. The van der Waals surface area contributed by atoms with Gasteiger partial charge in [-0.25, -0.2) is 4.39 Å². The van der Waals surface area contributed by atoms with Gasteiger partial charge < -0.3 is 14.9 Å². The zero-order chi connectivity index (χ0) is 15.3. The summed E-state index contributed by atoms with van der Waals surface area (Å²) in [4.78, 5) is 11.4. The number of carboxylic acid groups (broad SMARTS) is 1. The zero-order valence-electron chi connectivity index (χ0n) is 12.0. The maximum atomic E-state index is 13.7. The van der Waals surface area contributed by atoms with E-state index in [0.717, 1.165) is 12.5 Å². The lowest BCUT2D eigenvalue weighted by Crippen LogP contribution is -2.37. The number of methoxy groups -OCH3 is 1. The summed E-state index contributed by atoms with van der Waals surface area (Å²) in [5, 5.41) is 19.8. The van der Waals surface area contributed by atoms with E-state index in [0.29, 0.717) is 12.8 Å². The molecule has 0 aromatic heterocycles. The standard InChI is InChI=1S/C15H21FO4/c1-4-5-6-11(14(17)18)15(2,19)10-7-8-13(20-3)12(16)9-10/h7-9,11,19H,4-6H2,1-3H3,(H,17,18). The van der Waals surface area contributed by atoms with Crippen molar-refractivity contribution in [3.8, 4) is 5.75 Å². The van der Waals surface area contributed by atoms with Crippen molar-refractivity contribution in [3.05, 3.63) is 29.6 Å². The molecule has 2 unspecified atom stereocenters.